The van der Waals surface area contributed by atoms with Crippen molar-refractivity contribution in [3.8, 4) is 6.07 Å². The molecule has 2 aromatic rings. The van der Waals surface area contributed by atoms with Gasteiger partial charge in [-0.1, -0.05) is 26.0 Å². The molecule has 0 aliphatic carbocycles. The van der Waals surface area contributed by atoms with E-state index >= 15 is 0 Å². The number of carbonyl (C=O) groups is 1. The van der Waals surface area contributed by atoms with Crippen LogP contribution in [0.2, 0.25) is 0 Å². The van der Waals surface area contributed by atoms with E-state index < -0.39 is 0 Å². The smallest absolute Gasteiger partial charge is 0.322 e. The van der Waals surface area contributed by atoms with Crippen molar-refractivity contribution >= 4 is 17.5 Å². The second-order valence-corrected chi connectivity index (χ2v) is 7.08. The van der Waals surface area contributed by atoms with Gasteiger partial charge in [-0.3, -0.25) is 0 Å². The molecular formula is C20H24N6O. The van der Waals surface area contributed by atoms with E-state index in [2.05, 4.69) is 34.3 Å². The van der Waals surface area contributed by atoms with Crippen LogP contribution in [0.25, 0.3) is 0 Å². The second kappa shape index (κ2) is 8.04. The Morgan fingerprint density at radius 2 is 1.93 bits per heavy atom. The number of nitrogens with one attached hydrogen (secondary N) is 1. The Morgan fingerprint density at radius 1 is 1.19 bits per heavy atom. The number of benzene rings is 1. The van der Waals surface area contributed by atoms with Crippen LogP contribution in [-0.4, -0.2) is 46.8 Å². The maximum absolute atomic E-state index is 12.7. The van der Waals surface area contributed by atoms with E-state index in [0.717, 1.165) is 11.5 Å². The first-order valence-electron chi connectivity index (χ1n) is 9.14. The summed E-state index contributed by atoms with van der Waals surface area (Å²) in [6.07, 6.45) is 0. The van der Waals surface area contributed by atoms with Gasteiger partial charge < -0.3 is 15.1 Å². The molecule has 7 nitrogen and oxygen atoms in total. The Hall–Kier alpha value is -3.14. The van der Waals surface area contributed by atoms with E-state index in [0.29, 0.717) is 31.2 Å². The normalized spacial score (nSPS) is 16.9. The van der Waals surface area contributed by atoms with Gasteiger partial charge >= 0.3 is 6.03 Å². The van der Waals surface area contributed by atoms with E-state index in [9.17, 15) is 4.79 Å². The highest BCUT2D eigenvalue weighted by molar-refractivity contribution is 5.89. The van der Waals surface area contributed by atoms with Crippen LogP contribution in [0.5, 0.6) is 0 Å². The minimum Gasteiger partial charge on any atom is -0.351 e. The molecule has 1 N–H and O–H groups in total. The van der Waals surface area contributed by atoms with Gasteiger partial charge in [0.15, 0.2) is 11.5 Å². The van der Waals surface area contributed by atoms with Gasteiger partial charge in [0.1, 0.15) is 6.07 Å². The van der Waals surface area contributed by atoms with Crippen molar-refractivity contribution in [1.82, 2.24) is 15.1 Å². The van der Waals surface area contributed by atoms with Gasteiger partial charge in [-0.25, -0.2) is 4.79 Å². The number of urea groups is 1. The van der Waals surface area contributed by atoms with Crippen LogP contribution in [0.15, 0.2) is 36.4 Å². The molecule has 2 heterocycles. The molecule has 3 rings (SSSR count). The quantitative estimate of drug-likeness (QED) is 0.904. The van der Waals surface area contributed by atoms with Crippen molar-refractivity contribution in [1.29, 1.82) is 5.26 Å². The number of rotatable bonds is 3. The molecule has 0 bridgehead atoms. The van der Waals surface area contributed by atoms with E-state index in [1.54, 1.807) is 12.1 Å². The summed E-state index contributed by atoms with van der Waals surface area (Å²) in [6.45, 7) is 8.24. The van der Waals surface area contributed by atoms with Gasteiger partial charge in [-0.05, 0) is 42.7 Å². The van der Waals surface area contributed by atoms with Crippen molar-refractivity contribution in [2.75, 3.05) is 29.9 Å². The maximum atomic E-state index is 12.7. The average molecular weight is 364 g/mol. The largest absolute Gasteiger partial charge is 0.351 e. The lowest BCUT2D eigenvalue weighted by Crippen LogP contribution is -2.55. The fourth-order valence-electron chi connectivity index (χ4n) is 3.17. The van der Waals surface area contributed by atoms with Crippen LogP contribution in [0.4, 0.5) is 16.3 Å². The maximum Gasteiger partial charge on any atom is 0.322 e. The van der Waals surface area contributed by atoms with Gasteiger partial charge in [0.25, 0.3) is 0 Å². The summed E-state index contributed by atoms with van der Waals surface area (Å²) in [5.41, 5.74) is 2.35. The third-order valence-corrected chi connectivity index (χ3v) is 4.81. The summed E-state index contributed by atoms with van der Waals surface area (Å²) >= 11 is 0. The Bertz CT molecular complexity index is 825. The second-order valence-electron chi connectivity index (χ2n) is 7.08. The Kier molecular flexibility index (Phi) is 5.55. The number of carbonyl (C=O) groups excluding carboxylic acids is 1. The fourth-order valence-corrected chi connectivity index (χ4v) is 3.17. The molecule has 0 unspecified atom stereocenters. The van der Waals surface area contributed by atoms with Gasteiger partial charge in [0, 0.05) is 31.4 Å². The van der Waals surface area contributed by atoms with E-state index in [4.69, 9.17) is 5.26 Å². The lowest BCUT2D eigenvalue weighted by atomic mass is 10.0. The molecule has 1 saturated heterocycles. The number of nitriles is 1. The Labute approximate surface area is 159 Å². The van der Waals surface area contributed by atoms with Crippen LogP contribution < -0.4 is 10.2 Å². The number of anilines is 2. The van der Waals surface area contributed by atoms with Crippen molar-refractivity contribution in [3.63, 3.8) is 0 Å². The fraction of sp³-hybridized carbons (Fsp3) is 0.400. The van der Waals surface area contributed by atoms with Crippen LogP contribution in [0.3, 0.4) is 0 Å². The summed E-state index contributed by atoms with van der Waals surface area (Å²) in [5.74, 6) is 1.19. The monoisotopic (exact) mass is 364 g/mol. The lowest BCUT2D eigenvalue weighted by molar-refractivity contribution is 0.184. The molecule has 0 saturated carbocycles. The molecule has 0 spiro atoms. The molecule has 1 fully saturated rings. The third kappa shape index (κ3) is 4.34. The van der Waals surface area contributed by atoms with Crippen molar-refractivity contribution in [3.05, 3.63) is 47.7 Å². The van der Waals surface area contributed by atoms with E-state index in [-0.39, 0.29) is 12.1 Å². The van der Waals surface area contributed by atoms with Crippen LogP contribution >= 0.6 is 0 Å². The minimum atomic E-state index is -0.0923. The van der Waals surface area contributed by atoms with Crippen LogP contribution in [0.1, 0.15) is 37.9 Å². The van der Waals surface area contributed by atoms with Gasteiger partial charge in [-0.15, -0.1) is 10.2 Å². The minimum absolute atomic E-state index is 0.0335. The van der Waals surface area contributed by atoms with Crippen molar-refractivity contribution in [2.45, 2.75) is 32.7 Å². The molecule has 7 heteroatoms. The molecule has 1 aromatic heterocycles. The summed E-state index contributed by atoms with van der Waals surface area (Å²) in [6, 6.07) is 13.3. The molecular weight excluding hydrogens is 340 g/mol. The highest BCUT2D eigenvalue weighted by atomic mass is 16.2. The zero-order valence-corrected chi connectivity index (χ0v) is 15.9. The number of amides is 2. The van der Waals surface area contributed by atoms with Crippen molar-refractivity contribution < 1.29 is 4.79 Å². The number of hydrogen-bond acceptors (Lipinski definition) is 5. The third-order valence-electron chi connectivity index (χ3n) is 4.81. The molecule has 140 valence electrons. The Morgan fingerprint density at radius 3 is 2.48 bits per heavy atom. The van der Waals surface area contributed by atoms with Gasteiger partial charge in [0.2, 0.25) is 0 Å². The summed E-state index contributed by atoms with van der Waals surface area (Å²) in [5, 5.41) is 19.8. The molecule has 0 radical (unpaired) electrons. The molecule has 27 heavy (non-hydrogen) atoms. The predicted molar refractivity (Wildman–Crippen MR) is 105 cm³/mol. The van der Waals surface area contributed by atoms with Gasteiger partial charge in [0.05, 0.1) is 0 Å². The van der Waals surface area contributed by atoms with Crippen LogP contribution in [0, 0.1) is 11.3 Å². The first-order valence-corrected chi connectivity index (χ1v) is 9.14. The summed E-state index contributed by atoms with van der Waals surface area (Å²) in [4.78, 5) is 16.6. The summed E-state index contributed by atoms with van der Waals surface area (Å²) in [7, 11) is 0. The number of nitrogens with zero attached hydrogens (tertiary/aromatic N) is 5. The molecule has 2 amide bonds. The van der Waals surface area contributed by atoms with Crippen LogP contribution in [-0.2, 0) is 0 Å². The highest BCUT2D eigenvalue weighted by Gasteiger charge is 2.28. The molecule has 1 aromatic carbocycles. The zero-order valence-electron chi connectivity index (χ0n) is 15.9. The number of hydrogen-bond donors (Lipinski definition) is 1. The van der Waals surface area contributed by atoms with E-state index in [1.165, 1.54) is 5.56 Å². The van der Waals surface area contributed by atoms with Gasteiger partial charge in [-0.2, -0.15) is 5.26 Å². The standard InChI is InChI=1S/C20H24N6O/c1-14(2)16-4-6-17(7-5-16)22-20(27)26-11-10-25(13-15(26)3)19-9-8-18(12-21)23-24-19/h4-9,14-15H,10-11,13H2,1-3H3,(H,22,27)/t15-/m1/s1. The topological polar surface area (TPSA) is 85.2 Å². The lowest BCUT2D eigenvalue weighted by Gasteiger charge is -2.40. The predicted octanol–water partition coefficient (Wildman–Crippen LogP) is 3.21. The molecule has 1 aliphatic heterocycles. The van der Waals surface area contributed by atoms with Crippen molar-refractivity contribution in [2.24, 2.45) is 0 Å². The number of aromatic nitrogens is 2. The SMILES string of the molecule is CC(C)c1ccc(NC(=O)N2CCN(c3ccc(C#N)nn3)C[C@H]2C)cc1. The molecule has 1 aliphatic rings. The first-order chi connectivity index (χ1) is 13.0. The summed E-state index contributed by atoms with van der Waals surface area (Å²) < 4.78 is 0. The zero-order chi connectivity index (χ0) is 19.4. The molecule has 1 atom stereocenters. The first kappa shape index (κ1) is 18.6. The number of piperazine rings is 1. The highest BCUT2D eigenvalue weighted by Crippen LogP contribution is 2.20. The average Bonchev–Trinajstić information content (AvgIpc) is 2.68. The Balaban J connectivity index is 1.60. The van der Waals surface area contributed by atoms with E-state index in [1.807, 2.05) is 42.2 Å².